The van der Waals surface area contributed by atoms with E-state index in [1.807, 2.05) is 72.8 Å². The minimum Gasteiger partial charge on any atom is -0.455 e. The highest BCUT2D eigenvalue weighted by Crippen LogP contribution is 2.42. The molecule has 4 heterocycles. The van der Waals surface area contributed by atoms with Gasteiger partial charge in [0.05, 0.1) is 11.4 Å². The van der Waals surface area contributed by atoms with Gasteiger partial charge in [0.15, 0.2) is 11.6 Å². The molecule has 0 saturated carbocycles. The lowest BCUT2D eigenvalue weighted by atomic mass is 9.93. The van der Waals surface area contributed by atoms with E-state index in [9.17, 15) is 0 Å². The summed E-state index contributed by atoms with van der Waals surface area (Å²) in [5.41, 5.74) is 12.6. The van der Waals surface area contributed by atoms with E-state index >= 15 is 0 Å². The van der Waals surface area contributed by atoms with Crippen molar-refractivity contribution < 1.29 is 8.83 Å². The maximum atomic E-state index is 6.58. The Hall–Kier alpha value is -7.70. The molecule has 0 radical (unpaired) electrons. The quantitative estimate of drug-likeness (QED) is 0.170. The second-order valence-corrected chi connectivity index (χ2v) is 13.8. The van der Waals surface area contributed by atoms with Gasteiger partial charge in [-0.05, 0) is 59.7 Å². The predicted octanol–water partition coefficient (Wildman–Crippen LogP) is 13.1. The molecule has 4 aromatic heterocycles. The SMILES string of the molecule is c1ccc(-c2cc(-c3cccc(-c4ncccn4)c3)nc(-c3cc(-c4cccc5c4oc4ccccc45)cc(-c4cccc5c4oc4ccccc45)c3)n2)cc1. The van der Waals surface area contributed by atoms with Gasteiger partial charge in [-0.2, -0.15) is 0 Å². The molecule has 7 aromatic carbocycles. The van der Waals surface area contributed by atoms with Crippen LogP contribution in [0.25, 0.3) is 111 Å². The number of aromatic nitrogens is 4. The van der Waals surface area contributed by atoms with Crippen LogP contribution >= 0.6 is 0 Å². The number of furan rings is 2. The fraction of sp³-hybridized carbons (Fsp3) is 0. The lowest BCUT2D eigenvalue weighted by Gasteiger charge is -2.14. The van der Waals surface area contributed by atoms with Gasteiger partial charge in [0.25, 0.3) is 0 Å². The second-order valence-electron chi connectivity index (χ2n) is 13.8. The standard InChI is InChI=1S/C50H30N4O2/c1-2-12-31(13-3-1)43-30-44(32-14-8-15-33(26-32)49-51-24-11-25-52-49)54-50(53-43)36-28-34(37-18-9-20-41-39-16-4-6-22-45(39)55-47(37)41)27-35(29-36)38-19-10-21-42-40-17-5-7-23-46(40)56-48(38)42/h1-30H. The molecular weight excluding hydrogens is 689 g/mol. The first-order valence-corrected chi connectivity index (χ1v) is 18.5. The molecule has 262 valence electrons. The first kappa shape index (κ1) is 31.8. The second kappa shape index (κ2) is 13.0. The molecule has 0 fully saturated rings. The van der Waals surface area contributed by atoms with Crippen molar-refractivity contribution in [3.05, 3.63) is 182 Å². The van der Waals surface area contributed by atoms with E-state index in [1.54, 1.807) is 12.4 Å². The molecule has 0 amide bonds. The Kier molecular flexibility index (Phi) is 7.38. The van der Waals surface area contributed by atoms with E-state index in [2.05, 4.69) is 107 Å². The zero-order valence-corrected chi connectivity index (χ0v) is 29.9. The van der Waals surface area contributed by atoms with Crippen LogP contribution in [0.15, 0.2) is 191 Å². The third kappa shape index (κ3) is 5.43. The van der Waals surface area contributed by atoms with Crippen LogP contribution in [0.5, 0.6) is 0 Å². The summed E-state index contributed by atoms with van der Waals surface area (Å²) < 4.78 is 13.2. The van der Waals surface area contributed by atoms with E-state index in [-0.39, 0.29) is 0 Å². The zero-order valence-electron chi connectivity index (χ0n) is 29.9. The van der Waals surface area contributed by atoms with Gasteiger partial charge < -0.3 is 8.83 Å². The maximum absolute atomic E-state index is 6.58. The minimum absolute atomic E-state index is 0.597. The number of benzene rings is 7. The summed E-state index contributed by atoms with van der Waals surface area (Å²) in [6.45, 7) is 0. The van der Waals surface area contributed by atoms with Crippen LogP contribution in [0.3, 0.4) is 0 Å². The molecule has 0 unspecified atom stereocenters. The first-order chi connectivity index (χ1) is 27.7. The van der Waals surface area contributed by atoms with Gasteiger partial charge >= 0.3 is 0 Å². The summed E-state index contributed by atoms with van der Waals surface area (Å²) in [6.07, 6.45) is 3.52. The van der Waals surface area contributed by atoms with Crippen LogP contribution in [0, 0.1) is 0 Å². The molecule has 0 N–H and O–H groups in total. The summed E-state index contributed by atoms with van der Waals surface area (Å²) in [5.74, 6) is 1.25. The average Bonchev–Trinajstić information content (AvgIpc) is 3.86. The Balaban J connectivity index is 1.17. The van der Waals surface area contributed by atoms with Gasteiger partial charge in [-0.25, -0.2) is 19.9 Å². The van der Waals surface area contributed by atoms with E-state index in [1.165, 1.54) is 0 Å². The molecule has 6 heteroatoms. The Labute approximate surface area is 321 Å². The monoisotopic (exact) mass is 718 g/mol. The van der Waals surface area contributed by atoms with Crippen molar-refractivity contribution in [2.45, 2.75) is 0 Å². The van der Waals surface area contributed by atoms with Gasteiger partial charge in [0, 0.05) is 67.3 Å². The van der Waals surface area contributed by atoms with Crippen molar-refractivity contribution >= 4 is 43.9 Å². The highest BCUT2D eigenvalue weighted by atomic mass is 16.3. The number of para-hydroxylation sites is 4. The number of hydrogen-bond acceptors (Lipinski definition) is 6. The molecular formula is C50H30N4O2. The van der Waals surface area contributed by atoms with Crippen molar-refractivity contribution in [2.24, 2.45) is 0 Å². The van der Waals surface area contributed by atoms with Crippen LogP contribution in [-0.2, 0) is 0 Å². The van der Waals surface area contributed by atoms with Crippen LogP contribution < -0.4 is 0 Å². The first-order valence-electron chi connectivity index (χ1n) is 18.5. The summed E-state index contributed by atoms with van der Waals surface area (Å²) in [5, 5.41) is 4.30. The molecule has 0 bridgehead atoms. The van der Waals surface area contributed by atoms with Crippen LogP contribution in [0.1, 0.15) is 0 Å². The van der Waals surface area contributed by atoms with E-state index < -0.39 is 0 Å². The lowest BCUT2D eigenvalue weighted by Crippen LogP contribution is -1.97. The fourth-order valence-electron chi connectivity index (χ4n) is 7.76. The van der Waals surface area contributed by atoms with Crippen LogP contribution in [0.4, 0.5) is 0 Å². The van der Waals surface area contributed by atoms with E-state index in [0.717, 1.165) is 99.8 Å². The zero-order chi connectivity index (χ0) is 37.0. The van der Waals surface area contributed by atoms with Crippen molar-refractivity contribution in [3.63, 3.8) is 0 Å². The Bertz CT molecular complexity index is 3130. The van der Waals surface area contributed by atoms with Gasteiger partial charge in [-0.1, -0.05) is 121 Å². The third-order valence-corrected chi connectivity index (χ3v) is 10.4. The summed E-state index contributed by atoms with van der Waals surface area (Å²) >= 11 is 0. The van der Waals surface area contributed by atoms with Crippen LogP contribution in [0.2, 0.25) is 0 Å². The largest absolute Gasteiger partial charge is 0.455 e. The Morgan fingerprint density at radius 3 is 1.45 bits per heavy atom. The molecule has 0 atom stereocenters. The molecule has 0 saturated heterocycles. The third-order valence-electron chi connectivity index (χ3n) is 10.4. The van der Waals surface area contributed by atoms with Crippen molar-refractivity contribution in [1.82, 2.24) is 19.9 Å². The minimum atomic E-state index is 0.597. The maximum Gasteiger partial charge on any atom is 0.160 e. The fourth-order valence-corrected chi connectivity index (χ4v) is 7.76. The van der Waals surface area contributed by atoms with Gasteiger partial charge in [0.1, 0.15) is 22.3 Å². The molecule has 11 rings (SSSR count). The summed E-state index contributed by atoms with van der Waals surface area (Å²) in [4.78, 5) is 19.6. The van der Waals surface area contributed by atoms with Crippen molar-refractivity contribution in [2.75, 3.05) is 0 Å². The number of rotatable bonds is 6. The normalized spacial score (nSPS) is 11.6. The Morgan fingerprint density at radius 1 is 0.321 bits per heavy atom. The van der Waals surface area contributed by atoms with E-state index in [4.69, 9.17) is 18.8 Å². The number of hydrogen-bond donors (Lipinski definition) is 0. The van der Waals surface area contributed by atoms with Gasteiger partial charge in [0.2, 0.25) is 0 Å². The number of fused-ring (bicyclic) bond motifs is 6. The average molecular weight is 719 g/mol. The van der Waals surface area contributed by atoms with Crippen LogP contribution in [-0.4, -0.2) is 19.9 Å². The van der Waals surface area contributed by atoms with Gasteiger partial charge in [-0.3, -0.25) is 0 Å². The Morgan fingerprint density at radius 2 is 0.804 bits per heavy atom. The molecule has 56 heavy (non-hydrogen) atoms. The summed E-state index contributed by atoms with van der Waals surface area (Å²) in [7, 11) is 0. The molecule has 6 nitrogen and oxygen atoms in total. The smallest absolute Gasteiger partial charge is 0.160 e. The highest BCUT2D eigenvalue weighted by Gasteiger charge is 2.19. The van der Waals surface area contributed by atoms with Gasteiger partial charge in [-0.15, -0.1) is 0 Å². The molecule has 0 aliphatic heterocycles. The predicted molar refractivity (Wildman–Crippen MR) is 225 cm³/mol. The molecule has 0 spiro atoms. The molecule has 0 aliphatic rings. The highest BCUT2D eigenvalue weighted by molar-refractivity contribution is 6.11. The lowest BCUT2D eigenvalue weighted by molar-refractivity contribution is 0.670. The number of nitrogens with zero attached hydrogens (tertiary/aromatic N) is 4. The van der Waals surface area contributed by atoms with Crippen molar-refractivity contribution in [3.8, 4) is 67.5 Å². The summed E-state index contributed by atoms with van der Waals surface area (Å²) in [6, 6.07) is 57.9. The van der Waals surface area contributed by atoms with E-state index in [0.29, 0.717) is 11.6 Å². The topological polar surface area (TPSA) is 77.8 Å². The molecule has 11 aromatic rings. The molecule has 0 aliphatic carbocycles. The van der Waals surface area contributed by atoms with Crippen molar-refractivity contribution in [1.29, 1.82) is 0 Å².